The standard InChI is InChI=1S/C19H28N2/c1-5-21(14-13-18(20)19(2,3)4)17-12-8-10-15-9-6-7-11-16(15)17/h6-12,18H,5,13-14,20H2,1-4H3. The van der Waals surface area contributed by atoms with Crippen molar-refractivity contribution < 1.29 is 0 Å². The Morgan fingerprint density at radius 3 is 2.38 bits per heavy atom. The van der Waals surface area contributed by atoms with Crippen molar-refractivity contribution >= 4 is 16.5 Å². The topological polar surface area (TPSA) is 29.3 Å². The molecule has 0 aliphatic heterocycles. The molecule has 0 bridgehead atoms. The van der Waals surface area contributed by atoms with E-state index >= 15 is 0 Å². The number of rotatable bonds is 5. The molecule has 0 aromatic heterocycles. The van der Waals surface area contributed by atoms with Crippen molar-refractivity contribution in [3.8, 4) is 0 Å². The zero-order chi connectivity index (χ0) is 15.5. The van der Waals surface area contributed by atoms with E-state index in [2.05, 4.69) is 75.1 Å². The second kappa shape index (κ2) is 6.48. The van der Waals surface area contributed by atoms with E-state index < -0.39 is 0 Å². The summed E-state index contributed by atoms with van der Waals surface area (Å²) in [5.41, 5.74) is 7.80. The molecule has 2 N–H and O–H groups in total. The Morgan fingerprint density at radius 2 is 1.71 bits per heavy atom. The molecular weight excluding hydrogens is 256 g/mol. The zero-order valence-corrected chi connectivity index (χ0v) is 13.8. The van der Waals surface area contributed by atoms with E-state index in [1.807, 2.05) is 0 Å². The van der Waals surface area contributed by atoms with Crippen LogP contribution in [0.5, 0.6) is 0 Å². The van der Waals surface area contributed by atoms with E-state index in [1.54, 1.807) is 0 Å². The summed E-state index contributed by atoms with van der Waals surface area (Å²) in [7, 11) is 0. The van der Waals surface area contributed by atoms with Gasteiger partial charge >= 0.3 is 0 Å². The summed E-state index contributed by atoms with van der Waals surface area (Å²) in [4.78, 5) is 2.44. The number of nitrogens with two attached hydrogens (primary N) is 1. The van der Waals surface area contributed by atoms with Gasteiger partial charge in [0, 0.05) is 30.2 Å². The van der Waals surface area contributed by atoms with Crippen LogP contribution in [0.15, 0.2) is 42.5 Å². The average Bonchev–Trinajstić information content (AvgIpc) is 2.46. The highest BCUT2D eigenvalue weighted by molar-refractivity contribution is 5.94. The van der Waals surface area contributed by atoms with Gasteiger partial charge in [-0.15, -0.1) is 0 Å². The van der Waals surface area contributed by atoms with Crippen molar-refractivity contribution in [2.75, 3.05) is 18.0 Å². The van der Waals surface area contributed by atoms with E-state index in [9.17, 15) is 0 Å². The minimum atomic E-state index is 0.165. The first-order chi connectivity index (χ1) is 9.93. The number of anilines is 1. The Labute approximate surface area is 128 Å². The molecule has 2 aromatic carbocycles. The van der Waals surface area contributed by atoms with Crippen molar-refractivity contribution in [3.05, 3.63) is 42.5 Å². The smallest absolute Gasteiger partial charge is 0.0445 e. The Kier molecular flexibility index (Phi) is 4.89. The van der Waals surface area contributed by atoms with Crippen LogP contribution in [0.2, 0.25) is 0 Å². The van der Waals surface area contributed by atoms with Gasteiger partial charge in [0.2, 0.25) is 0 Å². The van der Waals surface area contributed by atoms with Crippen LogP contribution < -0.4 is 10.6 Å². The molecule has 1 atom stereocenters. The maximum atomic E-state index is 6.32. The maximum absolute atomic E-state index is 6.32. The minimum Gasteiger partial charge on any atom is -0.371 e. The van der Waals surface area contributed by atoms with Crippen LogP contribution in [-0.4, -0.2) is 19.1 Å². The van der Waals surface area contributed by atoms with Gasteiger partial charge in [-0.1, -0.05) is 57.2 Å². The van der Waals surface area contributed by atoms with Gasteiger partial charge in [0.05, 0.1) is 0 Å². The predicted octanol–water partition coefficient (Wildman–Crippen LogP) is 4.43. The first-order valence-electron chi connectivity index (χ1n) is 7.91. The highest BCUT2D eigenvalue weighted by atomic mass is 15.1. The summed E-state index contributed by atoms with van der Waals surface area (Å²) in [6, 6.07) is 15.3. The number of hydrogen-bond acceptors (Lipinski definition) is 2. The molecule has 0 radical (unpaired) electrons. The van der Waals surface area contributed by atoms with Gasteiger partial charge in [0.1, 0.15) is 0 Å². The minimum absolute atomic E-state index is 0.165. The fraction of sp³-hybridized carbons (Fsp3) is 0.474. The molecule has 0 amide bonds. The molecule has 0 spiro atoms. The second-order valence-corrected chi connectivity index (χ2v) is 6.84. The third-order valence-electron chi connectivity index (χ3n) is 4.31. The van der Waals surface area contributed by atoms with Crippen molar-refractivity contribution in [3.63, 3.8) is 0 Å². The SMILES string of the molecule is CCN(CCC(N)C(C)(C)C)c1cccc2ccccc12. The van der Waals surface area contributed by atoms with E-state index in [1.165, 1.54) is 16.5 Å². The van der Waals surface area contributed by atoms with Crippen molar-refractivity contribution in [1.29, 1.82) is 0 Å². The summed E-state index contributed by atoms with van der Waals surface area (Å²) in [5.74, 6) is 0. The van der Waals surface area contributed by atoms with Gasteiger partial charge in [0.15, 0.2) is 0 Å². The first kappa shape index (κ1) is 15.8. The normalized spacial score (nSPS) is 13.4. The van der Waals surface area contributed by atoms with Crippen LogP contribution in [0.3, 0.4) is 0 Å². The highest BCUT2D eigenvalue weighted by Crippen LogP contribution is 2.27. The van der Waals surface area contributed by atoms with Gasteiger partial charge in [-0.2, -0.15) is 0 Å². The quantitative estimate of drug-likeness (QED) is 0.880. The molecule has 0 saturated carbocycles. The van der Waals surface area contributed by atoms with E-state index in [0.717, 1.165) is 19.5 Å². The fourth-order valence-corrected chi connectivity index (χ4v) is 2.66. The molecule has 2 heteroatoms. The summed E-state index contributed by atoms with van der Waals surface area (Å²) < 4.78 is 0. The molecule has 21 heavy (non-hydrogen) atoms. The van der Waals surface area contributed by atoms with Crippen LogP contribution >= 0.6 is 0 Å². The number of nitrogens with zero attached hydrogens (tertiary/aromatic N) is 1. The molecular formula is C19H28N2. The van der Waals surface area contributed by atoms with Gasteiger partial charge in [0.25, 0.3) is 0 Å². The average molecular weight is 284 g/mol. The molecule has 0 aliphatic carbocycles. The van der Waals surface area contributed by atoms with Gasteiger partial charge < -0.3 is 10.6 Å². The van der Waals surface area contributed by atoms with Crippen LogP contribution in [0.4, 0.5) is 5.69 Å². The zero-order valence-electron chi connectivity index (χ0n) is 13.8. The van der Waals surface area contributed by atoms with Crippen molar-refractivity contribution in [2.24, 2.45) is 11.1 Å². The molecule has 0 heterocycles. The van der Waals surface area contributed by atoms with E-state index in [-0.39, 0.29) is 11.5 Å². The fourth-order valence-electron chi connectivity index (χ4n) is 2.66. The van der Waals surface area contributed by atoms with E-state index in [4.69, 9.17) is 5.73 Å². The number of benzene rings is 2. The Morgan fingerprint density at radius 1 is 1.05 bits per heavy atom. The third-order valence-corrected chi connectivity index (χ3v) is 4.31. The third kappa shape index (κ3) is 3.76. The maximum Gasteiger partial charge on any atom is 0.0445 e. The summed E-state index contributed by atoms with van der Waals surface area (Å²) in [6.45, 7) is 10.9. The summed E-state index contributed by atoms with van der Waals surface area (Å²) in [5, 5.41) is 2.62. The number of hydrogen-bond donors (Lipinski definition) is 1. The summed E-state index contributed by atoms with van der Waals surface area (Å²) in [6.07, 6.45) is 1.01. The Balaban J connectivity index is 2.20. The second-order valence-electron chi connectivity index (χ2n) is 6.84. The lowest BCUT2D eigenvalue weighted by molar-refractivity contribution is 0.307. The molecule has 0 fully saturated rings. The Hall–Kier alpha value is -1.54. The highest BCUT2D eigenvalue weighted by Gasteiger charge is 2.21. The molecule has 1 unspecified atom stereocenters. The number of fused-ring (bicyclic) bond motifs is 1. The van der Waals surface area contributed by atoms with Crippen LogP contribution in [0.25, 0.3) is 10.8 Å². The monoisotopic (exact) mass is 284 g/mol. The largest absolute Gasteiger partial charge is 0.371 e. The van der Waals surface area contributed by atoms with Gasteiger partial charge in [-0.3, -0.25) is 0 Å². The molecule has 2 rings (SSSR count). The van der Waals surface area contributed by atoms with Crippen molar-refractivity contribution in [1.82, 2.24) is 0 Å². The predicted molar refractivity (Wildman–Crippen MR) is 93.9 cm³/mol. The first-order valence-corrected chi connectivity index (χ1v) is 7.91. The molecule has 0 saturated heterocycles. The van der Waals surface area contributed by atoms with Gasteiger partial charge in [-0.05, 0) is 30.2 Å². The lowest BCUT2D eigenvalue weighted by Gasteiger charge is -2.31. The van der Waals surface area contributed by atoms with E-state index in [0.29, 0.717) is 0 Å². The molecule has 0 aliphatic rings. The van der Waals surface area contributed by atoms with Crippen LogP contribution in [-0.2, 0) is 0 Å². The summed E-state index contributed by atoms with van der Waals surface area (Å²) >= 11 is 0. The molecule has 2 aromatic rings. The lowest BCUT2D eigenvalue weighted by atomic mass is 9.85. The lowest BCUT2D eigenvalue weighted by Crippen LogP contribution is -2.38. The van der Waals surface area contributed by atoms with Crippen LogP contribution in [0, 0.1) is 5.41 Å². The van der Waals surface area contributed by atoms with Crippen LogP contribution in [0.1, 0.15) is 34.1 Å². The van der Waals surface area contributed by atoms with Gasteiger partial charge in [-0.25, -0.2) is 0 Å². The van der Waals surface area contributed by atoms with Crippen molar-refractivity contribution in [2.45, 2.75) is 40.2 Å². The molecule has 114 valence electrons. The molecule has 2 nitrogen and oxygen atoms in total. The Bertz CT molecular complexity index is 578.